The molecule has 0 radical (unpaired) electrons. The van der Waals surface area contributed by atoms with Crippen molar-refractivity contribution in [1.82, 2.24) is 0 Å². The summed E-state index contributed by atoms with van der Waals surface area (Å²) in [6.07, 6.45) is 0. The van der Waals surface area contributed by atoms with Gasteiger partial charge in [-0.25, -0.2) is 17.6 Å². The van der Waals surface area contributed by atoms with E-state index in [1.807, 2.05) is 0 Å². The maximum atomic E-state index is 12.4. The number of halogens is 4. The molecule has 0 saturated carbocycles. The van der Waals surface area contributed by atoms with Crippen LogP contribution in [0.3, 0.4) is 0 Å². The van der Waals surface area contributed by atoms with Crippen molar-refractivity contribution in [3.05, 3.63) is 70.8 Å². The number of hydrogen-bond donors (Lipinski definition) is 0. The Labute approximate surface area is 112 Å². The summed E-state index contributed by atoms with van der Waals surface area (Å²) in [5, 5.41) is 16.4. The Bertz CT molecular complexity index is 679. The third kappa shape index (κ3) is 3.82. The van der Waals surface area contributed by atoms with Crippen molar-refractivity contribution in [1.29, 1.82) is 10.5 Å². The molecule has 0 heterocycles. The summed E-state index contributed by atoms with van der Waals surface area (Å²) in [6, 6.07) is 8.98. The van der Waals surface area contributed by atoms with Crippen LogP contribution in [0, 0.1) is 45.9 Å². The number of nitrogens with zero attached hydrogens (tertiary/aromatic N) is 2. The fourth-order valence-electron chi connectivity index (χ4n) is 1.19. The molecule has 0 spiro atoms. The van der Waals surface area contributed by atoms with E-state index in [9.17, 15) is 17.6 Å². The van der Waals surface area contributed by atoms with Gasteiger partial charge >= 0.3 is 0 Å². The summed E-state index contributed by atoms with van der Waals surface area (Å²) in [6.45, 7) is 0. The van der Waals surface area contributed by atoms with Crippen LogP contribution in [-0.2, 0) is 0 Å². The predicted octanol–water partition coefficient (Wildman–Crippen LogP) is 3.67. The van der Waals surface area contributed by atoms with Crippen LogP contribution in [0.25, 0.3) is 0 Å². The second-order valence-corrected chi connectivity index (χ2v) is 3.44. The van der Waals surface area contributed by atoms with E-state index in [4.69, 9.17) is 10.5 Å². The minimum absolute atomic E-state index is 0.264. The molecule has 0 aliphatic rings. The Hall–Kier alpha value is -2.86. The maximum absolute atomic E-state index is 12.4. The zero-order valence-corrected chi connectivity index (χ0v) is 9.87. The molecule has 0 atom stereocenters. The summed E-state index contributed by atoms with van der Waals surface area (Å²) < 4.78 is 49.4. The fourth-order valence-corrected chi connectivity index (χ4v) is 1.19. The molecule has 0 N–H and O–H groups in total. The van der Waals surface area contributed by atoms with Gasteiger partial charge in [-0.3, -0.25) is 0 Å². The Kier molecular flexibility index (Phi) is 5.25. The monoisotopic (exact) mass is 278 g/mol. The molecule has 2 aromatic carbocycles. The fraction of sp³-hybridized carbons (Fsp3) is 0. The molecule has 0 aliphatic heterocycles. The van der Waals surface area contributed by atoms with E-state index in [0.29, 0.717) is 0 Å². The van der Waals surface area contributed by atoms with E-state index >= 15 is 0 Å². The zero-order chi connectivity index (χ0) is 15.1. The van der Waals surface area contributed by atoms with E-state index in [1.54, 1.807) is 0 Å². The van der Waals surface area contributed by atoms with Crippen molar-refractivity contribution in [2.45, 2.75) is 0 Å². The van der Waals surface area contributed by atoms with Gasteiger partial charge in [0.1, 0.15) is 41.0 Å². The van der Waals surface area contributed by atoms with Crippen LogP contribution >= 0.6 is 0 Å². The third-order valence-corrected chi connectivity index (χ3v) is 2.12. The lowest BCUT2D eigenvalue weighted by Crippen LogP contribution is -1.87. The van der Waals surface area contributed by atoms with Gasteiger partial charge in [0.05, 0.1) is 5.56 Å². The van der Waals surface area contributed by atoms with Crippen molar-refractivity contribution in [3.63, 3.8) is 0 Å². The lowest BCUT2D eigenvalue weighted by molar-refractivity contribution is 0.577. The summed E-state index contributed by atoms with van der Waals surface area (Å²) in [4.78, 5) is 0. The lowest BCUT2D eigenvalue weighted by Gasteiger charge is -1.91. The van der Waals surface area contributed by atoms with Gasteiger partial charge in [-0.05, 0) is 30.3 Å². The molecule has 0 unspecified atom stereocenters. The molecule has 0 aromatic heterocycles. The van der Waals surface area contributed by atoms with Crippen molar-refractivity contribution in [2.75, 3.05) is 0 Å². The number of hydrogen-bond acceptors (Lipinski definition) is 2. The number of benzene rings is 2. The highest BCUT2D eigenvalue weighted by atomic mass is 19.1. The Morgan fingerprint density at radius 2 is 1.35 bits per heavy atom. The first-order valence-electron chi connectivity index (χ1n) is 5.19. The summed E-state index contributed by atoms with van der Waals surface area (Å²) in [5.41, 5.74) is -0.789. The lowest BCUT2D eigenvalue weighted by atomic mass is 10.2. The van der Waals surface area contributed by atoms with Crippen LogP contribution in [-0.4, -0.2) is 0 Å². The first kappa shape index (κ1) is 15.2. The van der Waals surface area contributed by atoms with Gasteiger partial charge in [0, 0.05) is 0 Å². The largest absolute Gasteiger partial charge is 0.207 e. The van der Waals surface area contributed by atoms with E-state index in [-0.39, 0.29) is 5.56 Å². The molecule has 0 fully saturated rings. The molecule has 0 amide bonds. The minimum Gasteiger partial charge on any atom is -0.207 e. The zero-order valence-electron chi connectivity index (χ0n) is 9.87. The van der Waals surface area contributed by atoms with E-state index in [2.05, 4.69) is 0 Å². The van der Waals surface area contributed by atoms with Crippen LogP contribution in [0.15, 0.2) is 36.4 Å². The molecule has 2 rings (SSSR count). The summed E-state index contributed by atoms with van der Waals surface area (Å²) in [5.74, 6) is -2.92. The molecule has 2 nitrogen and oxygen atoms in total. The van der Waals surface area contributed by atoms with E-state index in [1.165, 1.54) is 18.2 Å². The predicted molar refractivity (Wildman–Crippen MR) is 62.1 cm³/mol. The van der Waals surface area contributed by atoms with Gasteiger partial charge in [-0.1, -0.05) is 6.07 Å². The first-order valence-corrected chi connectivity index (χ1v) is 5.19. The average Bonchev–Trinajstić information content (AvgIpc) is 2.42. The molecule has 6 heteroatoms. The SMILES string of the molecule is N#Cc1c(F)cccc1F.N#Cc1cc(F)ccc1F. The Balaban J connectivity index is 0.000000200. The van der Waals surface area contributed by atoms with Crippen LogP contribution in [0.5, 0.6) is 0 Å². The van der Waals surface area contributed by atoms with Gasteiger partial charge in [0.25, 0.3) is 0 Å². The van der Waals surface area contributed by atoms with Gasteiger partial charge in [0.15, 0.2) is 0 Å². The third-order valence-electron chi connectivity index (χ3n) is 2.12. The summed E-state index contributed by atoms with van der Waals surface area (Å²) >= 11 is 0. The number of rotatable bonds is 0. The number of nitriles is 2. The highest BCUT2D eigenvalue weighted by Gasteiger charge is 2.05. The quantitative estimate of drug-likeness (QED) is 0.690. The summed E-state index contributed by atoms with van der Waals surface area (Å²) in [7, 11) is 0. The smallest absolute Gasteiger partial charge is 0.143 e. The first-order chi connectivity index (χ1) is 9.49. The molecule has 20 heavy (non-hydrogen) atoms. The highest BCUT2D eigenvalue weighted by Crippen LogP contribution is 2.09. The topological polar surface area (TPSA) is 47.6 Å². The van der Waals surface area contributed by atoms with Gasteiger partial charge in [-0.2, -0.15) is 10.5 Å². The second-order valence-electron chi connectivity index (χ2n) is 3.44. The Morgan fingerprint density at radius 1 is 0.750 bits per heavy atom. The van der Waals surface area contributed by atoms with Gasteiger partial charge < -0.3 is 0 Å². The molecule has 0 aliphatic carbocycles. The molecular formula is C14H6F4N2. The van der Waals surface area contributed by atoms with E-state index in [0.717, 1.165) is 30.3 Å². The van der Waals surface area contributed by atoms with Crippen molar-refractivity contribution in [3.8, 4) is 12.1 Å². The molecule has 100 valence electrons. The van der Waals surface area contributed by atoms with Crippen LogP contribution < -0.4 is 0 Å². The molecular weight excluding hydrogens is 272 g/mol. The van der Waals surface area contributed by atoms with E-state index < -0.39 is 28.8 Å². The van der Waals surface area contributed by atoms with Crippen molar-refractivity contribution < 1.29 is 17.6 Å². The highest BCUT2D eigenvalue weighted by molar-refractivity contribution is 5.31. The molecule has 0 bridgehead atoms. The normalized spacial score (nSPS) is 8.90. The average molecular weight is 278 g/mol. The van der Waals surface area contributed by atoms with Crippen molar-refractivity contribution >= 4 is 0 Å². The minimum atomic E-state index is -0.817. The molecule has 2 aromatic rings. The van der Waals surface area contributed by atoms with Crippen LogP contribution in [0.1, 0.15) is 11.1 Å². The standard InChI is InChI=1S/2C7H3F2N/c8-6-1-2-7(9)5(3-6)4-10;8-6-2-1-3-7(9)5(6)4-10/h2*1-3H. The van der Waals surface area contributed by atoms with Gasteiger partial charge in [-0.15, -0.1) is 0 Å². The van der Waals surface area contributed by atoms with Crippen LogP contribution in [0.2, 0.25) is 0 Å². The molecule has 0 saturated heterocycles. The Morgan fingerprint density at radius 3 is 1.75 bits per heavy atom. The maximum Gasteiger partial charge on any atom is 0.143 e. The van der Waals surface area contributed by atoms with Gasteiger partial charge in [0.2, 0.25) is 0 Å². The van der Waals surface area contributed by atoms with Crippen molar-refractivity contribution in [2.24, 2.45) is 0 Å². The van der Waals surface area contributed by atoms with Crippen LogP contribution in [0.4, 0.5) is 17.6 Å². The second kappa shape index (κ2) is 6.91.